The Hall–Kier alpha value is -2.53. The highest BCUT2D eigenvalue weighted by molar-refractivity contribution is 6.04. The van der Waals surface area contributed by atoms with Crippen LogP contribution in [0.4, 0.5) is 0 Å². The third-order valence-corrected chi connectivity index (χ3v) is 5.91. The number of piperidine rings is 1. The molecule has 0 radical (unpaired) electrons. The first-order valence-corrected chi connectivity index (χ1v) is 10.5. The van der Waals surface area contributed by atoms with Gasteiger partial charge in [-0.3, -0.25) is 0 Å². The predicted molar refractivity (Wildman–Crippen MR) is 116 cm³/mol. The third kappa shape index (κ3) is 4.56. The zero-order chi connectivity index (χ0) is 20.2. The predicted octanol–water partition coefficient (Wildman–Crippen LogP) is 4.85. The molecule has 2 heterocycles. The molecule has 0 unspecified atom stereocenters. The topological polar surface area (TPSA) is 51.9 Å². The van der Waals surface area contributed by atoms with E-state index in [1.165, 1.54) is 25.9 Å². The van der Waals surface area contributed by atoms with E-state index in [4.69, 9.17) is 13.9 Å². The Bertz CT molecular complexity index is 1030. The van der Waals surface area contributed by atoms with E-state index in [1.54, 1.807) is 13.2 Å². The summed E-state index contributed by atoms with van der Waals surface area (Å²) in [5.74, 6) is 2.25. The quantitative estimate of drug-likeness (QED) is 0.325. The number of hydrogen-bond acceptors (Lipinski definition) is 5. The summed E-state index contributed by atoms with van der Waals surface area (Å²) in [5, 5.41) is 2.28. The number of rotatable bonds is 7. The minimum atomic E-state index is -0.362. The molecule has 0 amide bonds. The second-order valence-corrected chi connectivity index (χ2v) is 8.04. The lowest BCUT2D eigenvalue weighted by Gasteiger charge is -2.30. The molecule has 154 valence electrons. The zero-order valence-electron chi connectivity index (χ0n) is 17.3. The van der Waals surface area contributed by atoms with Gasteiger partial charge in [0.1, 0.15) is 17.1 Å². The van der Waals surface area contributed by atoms with Crippen molar-refractivity contribution in [3.8, 4) is 11.5 Å². The Balaban J connectivity index is 1.37. The summed E-state index contributed by atoms with van der Waals surface area (Å²) in [7, 11) is 1.58. The number of fused-ring (bicyclic) bond motifs is 3. The Morgan fingerprint density at radius 2 is 1.76 bits per heavy atom. The first-order chi connectivity index (χ1) is 14.1. The highest BCUT2D eigenvalue weighted by Crippen LogP contribution is 2.28. The minimum absolute atomic E-state index is 0.362. The summed E-state index contributed by atoms with van der Waals surface area (Å²) in [6.45, 7) is 6.62. The molecule has 1 aliphatic rings. The number of likely N-dealkylation sites (tertiary alicyclic amines) is 1. The van der Waals surface area contributed by atoms with Gasteiger partial charge in [0.2, 0.25) is 0 Å². The fraction of sp³-hybridized carbons (Fsp3) is 0.458. The van der Waals surface area contributed by atoms with Crippen molar-refractivity contribution in [1.82, 2.24) is 4.90 Å². The average molecular weight is 395 g/mol. The average Bonchev–Trinajstić information content (AvgIpc) is 2.74. The molecule has 3 aromatic rings. The zero-order valence-corrected chi connectivity index (χ0v) is 17.3. The summed E-state index contributed by atoms with van der Waals surface area (Å²) in [4.78, 5) is 14.9. The van der Waals surface area contributed by atoms with E-state index in [1.807, 2.05) is 30.3 Å². The maximum atomic E-state index is 12.4. The molecule has 0 atom stereocenters. The molecular weight excluding hydrogens is 366 g/mol. The number of hydrogen-bond donors (Lipinski definition) is 0. The van der Waals surface area contributed by atoms with Crippen LogP contribution in [-0.4, -0.2) is 38.3 Å². The monoisotopic (exact) mass is 395 g/mol. The van der Waals surface area contributed by atoms with Crippen LogP contribution in [0.2, 0.25) is 0 Å². The summed E-state index contributed by atoms with van der Waals surface area (Å²) >= 11 is 0. The van der Waals surface area contributed by atoms with E-state index in [9.17, 15) is 4.79 Å². The van der Waals surface area contributed by atoms with E-state index in [-0.39, 0.29) is 5.63 Å². The molecule has 29 heavy (non-hydrogen) atoms. The Kier molecular flexibility index (Phi) is 6.05. The van der Waals surface area contributed by atoms with Gasteiger partial charge in [-0.15, -0.1) is 0 Å². The summed E-state index contributed by atoms with van der Waals surface area (Å²) in [6.07, 6.45) is 4.80. The van der Waals surface area contributed by atoms with Gasteiger partial charge in [-0.2, -0.15) is 0 Å². The number of nitrogens with zero attached hydrogens (tertiary/aromatic N) is 1. The molecule has 0 spiro atoms. The fourth-order valence-electron chi connectivity index (χ4n) is 4.02. The second-order valence-electron chi connectivity index (χ2n) is 8.04. The van der Waals surface area contributed by atoms with Crippen molar-refractivity contribution in [2.24, 2.45) is 5.92 Å². The molecule has 0 bridgehead atoms. The molecule has 5 heteroatoms. The molecule has 1 aliphatic heterocycles. The molecule has 0 saturated carbocycles. The van der Waals surface area contributed by atoms with Crippen molar-refractivity contribution in [3.63, 3.8) is 0 Å². The first-order valence-electron chi connectivity index (χ1n) is 10.5. The molecule has 1 saturated heterocycles. The maximum Gasteiger partial charge on any atom is 0.344 e. The van der Waals surface area contributed by atoms with Crippen molar-refractivity contribution in [1.29, 1.82) is 0 Å². The van der Waals surface area contributed by atoms with Crippen LogP contribution in [0.1, 0.15) is 32.6 Å². The van der Waals surface area contributed by atoms with Crippen molar-refractivity contribution < 1.29 is 13.9 Å². The molecule has 1 fully saturated rings. The largest absolute Gasteiger partial charge is 0.497 e. The standard InChI is InChI=1S/C24H29NO4/c1-17-9-12-25(13-10-17)11-3-4-14-28-19-6-8-21-20-7-5-18(27-2)15-22(20)24(26)29-23(21)16-19/h5-8,15-17H,3-4,9-14H2,1-2H3. The van der Waals surface area contributed by atoms with Gasteiger partial charge in [-0.1, -0.05) is 6.92 Å². The molecule has 1 aromatic heterocycles. The van der Waals surface area contributed by atoms with Gasteiger partial charge in [0.05, 0.1) is 19.1 Å². The minimum Gasteiger partial charge on any atom is -0.497 e. The van der Waals surface area contributed by atoms with Gasteiger partial charge < -0.3 is 18.8 Å². The van der Waals surface area contributed by atoms with Crippen molar-refractivity contribution in [2.75, 3.05) is 33.4 Å². The van der Waals surface area contributed by atoms with Crippen LogP contribution in [0, 0.1) is 5.92 Å². The van der Waals surface area contributed by atoms with E-state index < -0.39 is 0 Å². The SMILES string of the molecule is COc1ccc2c(c1)c(=O)oc1cc(OCCCCN3CCC(C)CC3)ccc12. The van der Waals surface area contributed by atoms with Crippen LogP contribution >= 0.6 is 0 Å². The number of benzene rings is 2. The molecule has 5 nitrogen and oxygen atoms in total. The lowest BCUT2D eigenvalue weighted by atomic mass is 9.99. The first kappa shape index (κ1) is 19.8. The lowest BCUT2D eigenvalue weighted by molar-refractivity contribution is 0.185. The van der Waals surface area contributed by atoms with E-state index in [0.29, 0.717) is 23.3 Å². The number of unbranched alkanes of at least 4 members (excludes halogenated alkanes) is 1. The fourth-order valence-corrected chi connectivity index (χ4v) is 4.02. The summed E-state index contributed by atoms with van der Waals surface area (Å²) in [6, 6.07) is 11.2. The lowest BCUT2D eigenvalue weighted by Crippen LogP contribution is -2.33. The summed E-state index contributed by atoms with van der Waals surface area (Å²) < 4.78 is 16.7. The van der Waals surface area contributed by atoms with Crippen molar-refractivity contribution in [2.45, 2.75) is 32.6 Å². The van der Waals surface area contributed by atoms with Gasteiger partial charge in [0.25, 0.3) is 0 Å². The van der Waals surface area contributed by atoms with Crippen LogP contribution in [0.15, 0.2) is 45.6 Å². The van der Waals surface area contributed by atoms with Gasteiger partial charge in [-0.25, -0.2) is 4.79 Å². The summed E-state index contributed by atoms with van der Waals surface area (Å²) in [5.41, 5.74) is 0.187. The smallest absolute Gasteiger partial charge is 0.344 e. The molecule has 0 N–H and O–H groups in total. The van der Waals surface area contributed by atoms with Gasteiger partial charge >= 0.3 is 5.63 Å². The molecule has 0 aliphatic carbocycles. The maximum absolute atomic E-state index is 12.4. The van der Waals surface area contributed by atoms with Crippen LogP contribution in [0.25, 0.3) is 21.7 Å². The number of methoxy groups -OCH3 is 1. The van der Waals surface area contributed by atoms with Crippen LogP contribution < -0.4 is 15.1 Å². The van der Waals surface area contributed by atoms with Crippen LogP contribution in [0.3, 0.4) is 0 Å². The molecular formula is C24H29NO4. The molecule has 2 aromatic carbocycles. The normalized spacial score (nSPS) is 15.8. The van der Waals surface area contributed by atoms with Gasteiger partial charge in [-0.05, 0) is 81.6 Å². The Morgan fingerprint density at radius 3 is 2.55 bits per heavy atom. The highest BCUT2D eigenvalue weighted by Gasteiger charge is 2.15. The third-order valence-electron chi connectivity index (χ3n) is 5.91. The van der Waals surface area contributed by atoms with Gasteiger partial charge in [0.15, 0.2) is 0 Å². The van der Waals surface area contributed by atoms with E-state index in [2.05, 4.69) is 11.8 Å². The highest BCUT2D eigenvalue weighted by atomic mass is 16.5. The van der Waals surface area contributed by atoms with E-state index in [0.717, 1.165) is 41.8 Å². The van der Waals surface area contributed by atoms with Crippen LogP contribution in [0.5, 0.6) is 11.5 Å². The van der Waals surface area contributed by atoms with Crippen molar-refractivity contribution >= 4 is 21.7 Å². The second kappa shape index (κ2) is 8.87. The molecule has 4 rings (SSSR count). The Labute approximate surface area is 171 Å². The van der Waals surface area contributed by atoms with E-state index >= 15 is 0 Å². The number of ether oxygens (including phenoxy) is 2. The van der Waals surface area contributed by atoms with Gasteiger partial charge in [0, 0.05) is 16.8 Å². The van der Waals surface area contributed by atoms with Crippen molar-refractivity contribution in [3.05, 3.63) is 46.8 Å². The van der Waals surface area contributed by atoms with Crippen LogP contribution in [-0.2, 0) is 0 Å². The Morgan fingerprint density at radius 1 is 1.00 bits per heavy atom.